The van der Waals surface area contributed by atoms with Gasteiger partial charge >= 0.3 is 0 Å². The van der Waals surface area contributed by atoms with Gasteiger partial charge in [0.1, 0.15) is 6.33 Å². The molecule has 1 aromatic carbocycles. The average Bonchev–Trinajstić information content (AvgIpc) is 2.83. The zero-order valence-corrected chi connectivity index (χ0v) is 11.4. The number of nitrogens with zero attached hydrogens (tertiary/aromatic N) is 4. The predicted octanol–water partition coefficient (Wildman–Crippen LogP) is 1.96. The molecule has 1 amide bonds. The molecule has 20 heavy (non-hydrogen) atoms. The van der Waals surface area contributed by atoms with Crippen LogP contribution in [0.4, 0.5) is 0 Å². The fraction of sp³-hybridized carbons (Fsp3) is 0.267. The molecule has 0 saturated carbocycles. The van der Waals surface area contributed by atoms with Crippen LogP contribution in [0.1, 0.15) is 12.0 Å². The lowest BCUT2D eigenvalue weighted by Gasteiger charge is -2.29. The van der Waals surface area contributed by atoms with Gasteiger partial charge in [0.2, 0.25) is 5.91 Å². The van der Waals surface area contributed by atoms with Crippen molar-refractivity contribution in [1.82, 2.24) is 19.7 Å². The van der Waals surface area contributed by atoms with Gasteiger partial charge in [-0.25, -0.2) is 9.67 Å². The summed E-state index contributed by atoms with van der Waals surface area (Å²) in [4.78, 5) is 17.8. The van der Waals surface area contributed by atoms with Crippen LogP contribution in [-0.2, 0) is 4.79 Å². The second-order valence-corrected chi connectivity index (χ2v) is 4.91. The molecule has 102 valence electrons. The number of hydrogen-bond acceptors (Lipinski definition) is 3. The van der Waals surface area contributed by atoms with E-state index < -0.39 is 0 Å². The molecule has 5 heteroatoms. The summed E-state index contributed by atoms with van der Waals surface area (Å²) in [6.07, 6.45) is 5.89. The summed E-state index contributed by atoms with van der Waals surface area (Å²) >= 11 is 0. The number of aromatic nitrogens is 3. The molecule has 1 saturated heterocycles. The number of benzene rings is 1. The van der Waals surface area contributed by atoms with Crippen LogP contribution in [-0.4, -0.2) is 38.7 Å². The topological polar surface area (TPSA) is 51.0 Å². The molecule has 1 fully saturated rings. The van der Waals surface area contributed by atoms with Crippen LogP contribution in [0.2, 0.25) is 0 Å². The van der Waals surface area contributed by atoms with Crippen molar-refractivity contribution in [1.29, 1.82) is 0 Å². The third-order valence-electron chi connectivity index (χ3n) is 3.32. The Balaban J connectivity index is 1.73. The molecule has 2 aromatic rings. The molecule has 0 N–H and O–H groups in total. The number of likely N-dealkylation sites (tertiary alicyclic amines) is 1. The third-order valence-corrected chi connectivity index (χ3v) is 3.32. The molecule has 5 nitrogen and oxygen atoms in total. The Bertz CT molecular complexity index is 655. The monoisotopic (exact) mass is 268 g/mol. The van der Waals surface area contributed by atoms with E-state index in [-0.39, 0.29) is 5.91 Å². The van der Waals surface area contributed by atoms with Crippen LogP contribution in [0.15, 0.2) is 36.7 Å². The standard InChI is InChI=1S/C15H16N4O/c1-12-4-2-5-13(10-12)15-16-11-19(17-15)9-6-14(20)18-7-3-8-18/h2,4-6,9-11H,3,7-8H2,1H3/b9-6-. The van der Waals surface area contributed by atoms with Gasteiger partial charge in [-0.1, -0.05) is 23.8 Å². The number of rotatable bonds is 3. The second-order valence-electron chi connectivity index (χ2n) is 4.91. The molecule has 1 aliphatic heterocycles. The van der Waals surface area contributed by atoms with E-state index in [1.165, 1.54) is 11.6 Å². The van der Waals surface area contributed by atoms with Crippen molar-refractivity contribution < 1.29 is 4.79 Å². The number of amides is 1. The second kappa shape index (κ2) is 5.28. The van der Waals surface area contributed by atoms with Gasteiger partial charge in [0, 0.05) is 30.9 Å². The zero-order chi connectivity index (χ0) is 13.9. The maximum atomic E-state index is 11.7. The van der Waals surface area contributed by atoms with Crippen molar-refractivity contribution >= 4 is 12.1 Å². The molecule has 1 aliphatic rings. The fourth-order valence-electron chi connectivity index (χ4n) is 2.05. The van der Waals surface area contributed by atoms with Crippen molar-refractivity contribution in [3.63, 3.8) is 0 Å². The number of hydrogen-bond donors (Lipinski definition) is 0. The predicted molar refractivity (Wildman–Crippen MR) is 76.7 cm³/mol. The van der Waals surface area contributed by atoms with Crippen molar-refractivity contribution in [3.8, 4) is 11.4 Å². The molecule has 0 bridgehead atoms. The average molecular weight is 268 g/mol. The molecule has 1 aromatic heterocycles. The quantitative estimate of drug-likeness (QED) is 0.800. The molecule has 0 radical (unpaired) electrons. The van der Waals surface area contributed by atoms with E-state index in [4.69, 9.17) is 0 Å². The lowest BCUT2D eigenvalue weighted by molar-refractivity contribution is -0.129. The molecule has 0 atom stereocenters. The minimum atomic E-state index is 0.0313. The van der Waals surface area contributed by atoms with E-state index in [0.717, 1.165) is 25.1 Å². The van der Waals surface area contributed by atoms with Gasteiger partial charge in [0.15, 0.2) is 5.82 Å². The minimum absolute atomic E-state index is 0.0313. The van der Waals surface area contributed by atoms with Crippen LogP contribution in [0, 0.1) is 6.92 Å². The molecule has 2 heterocycles. The molecule has 3 rings (SSSR count). The highest BCUT2D eigenvalue weighted by Gasteiger charge is 2.17. The lowest BCUT2D eigenvalue weighted by Crippen LogP contribution is -2.41. The van der Waals surface area contributed by atoms with Crippen LogP contribution < -0.4 is 0 Å². The lowest BCUT2D eigenvalue weighted by atomic mass is 10.1. The SMILES string of the molecule is Cc1cccc(-c2ncn(/C=C\C(=O)N3CCC3)n2)c1. The molecule has 0 spiro atoms. The Morgan fingerprint density at radius 3 is 2.90 bits per heavy atom. The van der Waals surface area contributed by atoms with E-state index in [9.17, 15) is 4.79 Å². The van der Waals surface area contributed by atoms with E-state index >= 15 is 0 Å². The normalized spacial score (nSPS) is 14.6. The Kier molecular flexibility index (Phi) is 3.33. The Morgan fingerprint density at radius 1 is 1.35 bits per heavy atom. The molecular formula is C15H16N4O. The summed E-state index contributed by atoms with van der Waals surface area (Å²) in [6, 6.07) is 8.02. The summed E-state index contributed by atoms with van der Waals surface area (Å²) < 4.78 is 1.56. The summed E-state index contributed by atoms with van der Waals surface area (Å²) in [5, 5.41) is 4.34. The molecule has 0 unspecified atom stereocenters. The Labute approximate surface area is 117 Å². The van der Waals surface area contributed by atoms with Crippen LogP contribution >= 0.6 is 0 Å². The number of aryl methyl sites for hydroxylation is 1. The van der Waals surface area contributed by atoms with Gasteiger partial charge in [-0.05, 0) is 19.4 Å². The van der Waals surface area contributed by atoms with E-state index in [1.807, 2.05) is 31.2 Å². The van der Waals surface area contributed by atoms with Crippen molar-refractivity contribution in [2.45, 2.75) is 13.3 Å². The van der Waals surface area contributed by atoms with Crippen molar-refractivity contribution in [2.24, 2.45) is 0 Å². The summed E-state index contributed by atoms with van der Waals surface area (Å²) in [6.45, 7) is 3.75. The summed E-state index contributed by atoms with van der Waals surface area (Å²) in [5.41, 5.74) is 2.15. The number of carbonyl (C=O) groups is 1. The van der Waals surface area contributed by atoms with Gasteiger partial charge in [0.05, 0.1) is 0 Å². The minimum Gasteiger partial charge on any atom is -0.339 e. The summed E-state index contributed by atoms with van der Waals surface area (Å²) in [5.74, 6) is 0.693. The van der Waals surface area contributed by atoms with Crippen LogP contribution in [0.3, 0.4) is 0 Å². The highest BCUT2D eigenvalue weighted by molar-refractivity contribution is 5.90. The van der Waals surface area contributed by atoms with Gasteiger partial charge in [-0.15, -0.1) is 5.10 Å². The Hall–Kier alpha value is -2.43. The van der Waals surface area contributed by atoms with Gasteiger partial charge in [-0.3, -0.25) is 4.79 Å². The Morgan fingerprint density at radius 2 is 2.20 bits per heavy atom. The van der Waals surface area contributed by atoms with E-state index in [1.54, 1.807) is 22.1 Å². The van der Waals surface area contributed by atoms with Crippen LogP contribution in [0.25, 0.3) is 17.6 Å². The van der Waals surface area contributed by atoms with E-state index in [2.05, 4.69) is 10.1 Å². The van der Waals surface area contributed by atoms with E-state index in [0.29, 0.717) is 5.82 Å². The highest BCUT2D eigenvalue weighted by atomic mass is 16.2. The number of carbonyl (C=O) groups excluding carboxylic acids is 1. The molecular weight excluding hydrogens is 252 g/mol. The van der Waals surface area contributed by atoms with Gasteiger partial charge < -0.3 is 4.90 Å². The first-order valence-corrected chi connectivity index (χ1v) is 6.68. The van der Waals surface area contributed by atoms with Crippen molar-refractivity contribution in [2.75, 3.05) is 13.1 Å². The maximum absolute atomic E-state index is 11.7. The van der Waals surface area contributed by atoms with Crippen LogP contribution in [0.5, 0.6) is 0 Å². The molecule has 0 aliphatic carbocycles. The smallest absolute Gasteiger partial charge is 0.248 e. The first-order chi connectivity index (χ1) is 9.72. The zero-order valence-electron chi connectivity index (χ0n) is 11.4. The maximum Gasteiger partial charge on any atom is 0.248 e. The largest absolute Gasteiger partial charge is 0.339 e. The van der Waals surface area contributed by atoms with Crippen molar-refractivity contribution in [3.05, 3.63) is 42.2 Å². The summed E-state index contributed by atoms with van der Waals surface area (Å²) in [7, 11) is 0. The third kappa shape index (κ3) is 2.61. The first-order valence-electron chi connectivity index (χ1n) is 6.68. The highest BCUT2D eigenvalue weighted by Crippen LogP contribution is 2.15. The fourth-order valence-corrected chi connectivity index (χ4v) is 2.05. The van der Waals surface area contributed by atoms with Gasteiger partial charge in [-0.2, -0.15) is 0 Å². The van der Waals surface area contributed by atoms with Gasteiger partial charge in [0.25, 0.3) is 0 Å². The first kappa shape index (κ1) is 12.6.